The molecule has 0 aromatic rings. The number of nitrogens with one attached hydrogen (secondary N) is 1. The van der Waals surface area contributed by atoms with Crippen molar-refractivity contribution in [3.05, 3.63) is 36.5 Å². The molecule has 0 amide bonds. The van der Waals surface area contributed by atoms with Crippen LogP contribution in [0.1, 0.15) is 13.3 Å². The first kappa shape index (κ1) is 10.2. The molecular formula is C10H17N. The summed E-state index contributed by atoms with van der Waals surface area (Å²) in [5.41, 5.74) is 2.40. The Morgan fingerprint density at radius 2 is 2.18 bits per heavy atom. The van der Waals surface area contributed by atoms with Crippen molar-refractivity contribution >= 4 is 0 Å². The molecular weight excluding hydrogens is 134 g/mol. The minimum absolute atomic E-state index is 0.993. The Hall–Kier alpha value is -0.820. The highest BCUT2D eigenvalue weighted by Gasteiger charge is 1.94. The van der Waals surface area contributed by atoms with Crippen molar-refractivity contribution in [2.45, 2.75) is 13.3 Å². The van der Waals surface area contributed by atoms with Crippen molar-refractivity contribution < 1.29 is 0 Å². The van der Waals surface area contributed by atoms with E-state index in [1.807, 2.05) is 20.0 Å². The van der Waals surface area contributed by atoms with E-state index in [0.29, 0.717) is 0 Å². The van der Waals surface area contributed by atoms with Gasteiger partial charge in [0.1, 0.15) is 0 Å². The highest BCUT2D eigenvalue weighted by Crippen LogP contribution is 2.10. The summed E-state index contributed by atoms with van der Waals surface area (Å²) < 4.78 is 0. The molecule has 0 bridgehead atoms. The van der Waals surface area contributed by atoms with Crippen LogP contribution in [0.3, 0.4) is 0 Å². The van der Waals surface area contributed by atoms with E-state index in [0.717, 1.165) is 18.5 Å². The van der Waals surface area contributed by atoms with Crippen LogP contribution >= 0.6 is 0 Å². The van der Waals surface area contributed by atoms with Gasteiger partial charge in [0.2, 0.25) is 0 Å². The molecule has 0 saturated carbocycles. The summed E-state index contributed by atoms with van der Waals surface area (Å²) in [6.45, 7) is 10.5. The van der Waals surface area contributed by atoms with E-state index in [-0.39, 0.29) is 0 Å². The fourth-order valence-corrected chi connectivity index (χ4v) is 0.841. The molecule has 0 spiro atoms. The summed E-state index contributed by atoms with van der Waals surface area (Å²) in [5, 5.41) is 3.10. The van der Waals surface area contributed by atoms with Crippen LogP contribution in [0.4, 0.5) is 0 Å². The molecule has 0 rings (SSSR count). The van der Waals surface area contributed by atoms with E-state index < -0.39 is 0 Å². The smallest absolute Gasteiger partial charge is 0.00113 e. The van der Waals surface area contributed by atoms with Crippen LogP contribution in [0, 0.1) is 0 Å². The third-order valence-corrected chi connectivity index (χ3v) is 1.51. The summed E-state index contributed by atoms with van der Waals surface area (Å²) in [6.07, 6.45) is 4.84. The highest BCUT2D eigenvalue weighted by atomic mass is 14.8. The third-order valence-electron chi connectivity index (χ3n) is 1.51. The Morgan fingerprint density at radius 3 is 2.55 bits per heavy atom. The van der Waals surface area contributed by atoms with E-state index in [9.17, 15) is 0 Å². The number of hydrogen-bond acceptors (Lipinski definition) is 1. The average Bonchev–Trinajstić information content (AvgIpc) is 1.97. The minimum Gasteiger partial charge on any atom is -0.319 e. The van der Waals surface area contributed by atoms with Crippen LogP contribution < -0.4 is 5.32 Å². The second-order valence-corrected chi connectivity index (χ2v) is 2.56. The van der Waals surface area contributed by atoms with Crippen LogP contribution in [0.5, 0.6) is 0 Å². The van der Waals surface area contributed by atoms with Crippen LogP contribution in [0.15, 0.2) is 36.5 Å². The number of allylic oxidation sites excluding steroid dienone is 3. The van der Waals surface area contributed by atoms with E-state index in [4.69, 9.17) is 0 Å². The lowest BCUT2D eigenvalue weighted by Crippen LogP contribution is -2.08. The van der Waals surface area contributed by atoms with Crippen molar-refractivity contribution in [3.63, 3.8) is 0 Å². The van der Waals surface area contributed by atoms with Gasteiger partial charge in [-0.15, -0.1) is 0 Å². The van der Waals surface area contributed by atoms with Crippen molar-refractivity contribution in [2.75, 3.05) is 13.6 Å². The molecule has 0 aromatic heterocycles. The summed E-state index contributed by atoms with van der Waals surface area (Å²) in [4.78, 5) is 0. The molecule has 11 heavy (non-hydrogen) atoms. The number of hydrogen-bond donors (Lipinski definition) is 1. The van der Waals surface area contributed by atoms with Crippen LogP contribution in [0.2, 0.25) is 0 Å². The van der Waals surface area contributed by atoms with Crippen molar-refractivity contribution in [1.82, 2.24) is 5.32 Å². The molecule has 1 N–H and O–H groups in total. The number of rotatable bonds is 5. The lowest BCUT2D eigenvalue weighted by molar-refractivity contribution is 0.789. The van der Waals surface area contributed by atoms with Gasteiger partial charge in [-0.3, -0.25) is 0 Å². The van der Waals surface area contributed by atoms with E-state index >= 15 is 0 Å². The van der Waals surface area contributed by atoms with Gasteiger partial charge in [0.25, 0.3) is 0 Å². The molecule has 0 saturated heterocycles. The van der Waals surface area contributed by atoms with Crippen molar-refractivity contribution in [2.24, 2.45) is 0 Å². The van der Waals surface area contributed by atoms with Crippen molar-refractivity contribution in [3.8, 4) is 0 Å². The molecule has 0 heterocycles. The maximum absolute atomic E-state index is 3.88. The molecule has 0 radical (unpaired) electrons. The van der Waals surface area contributed by atoms with Gasteiger partial charge < -0.3 is 5.32 Å². The molecule has 0 unspecified atom stereocenters. The standard InChI is InChI=1S/C10H17N/c1-5-6-10(9(2)3)7-8-11-4/h5-6,11H,1-2,7-8H2,3-4H3/b10-6+. The van der Waals surface area contributed by atoms with Gasteiger partial charge in [-0.05, 0) is 32.5 Å². The topological polar surface area (TPSA) is 12.0 Å². The van der Waals surface area contributed by atoms with Crippen LogP contribution in [0.25, 0.3) is 0 Å². The molecule has 0 aliphatic heterocycles. The molecule has 1 nitrogen and oxygen atoms in total. The molecule has 0 atom stereocenters. The molecule has 62 valence electrons. The van der Waals surface area contributed by atoms with Gasteiger partial charge in [-0.25, -0.2) is 0 Å². The second-order valence-electron chi connectivity index (χ2n) is 2.56. The molecule has 0 aliphatic rings. The summed E-state index contributed by atoms with van der Waals surface area (Å²) >= 11 is 0. The zero-order valence-corrected chi connectivity index (χ0v) is 7.48. The Labute approximate surface area is 69.5 Å². The van der Waals surface area contributed by atoms with Gasteiger partial charge in [-0.2, -0.15) is 0 Å². The lowest BCUT2D eigenvalue weighted by Gasteiger charge is -2.04. The molecule has 0 aromatic carbocycles. The Balaban J connectivity index is 4.00. The summed E-state index contributed by atoms with van der Waals surface area (Å²) in [5.74, 6) is 0. The fraction of sp³-hybridized carbons (Fsp3) is 0.400. The van der Waals surface area contributed by atoms with E-state index in [1.54, 1.807) is 6.08 Å². The van der Waals surface area contributed by atoms with Crippen LogP contribution in [-0.4, -0.2) is 13.6 Å². The van der Waals surface area contributed by atoms with Crippen molar-refractivity contribution in [1.29, 1.82) is 0 Å². The maximum Gasteiger partial charge on any atom is -0.00113 e. The Morgan fingerprint density at radius 1 is 1.55 bits per heavy atom. The fourth-order valence-electron chi connectivity index (χ4n) is 0.841. The minimum atomic E-state index is 0.993. The Kier molecular flexibility index (Phi) is 5.49. The highest BCUT2D eigenvalue weighted by molar-refractivity contribution is 5.29. The van der Waals surface area contributed by atoms with Gasteiger partial charge >= 0.3 is 0 Å². The second kappa shape index (κ2) is 5.93. The normalized spacial score (nSPS) is 11.3. The van der Waals surface area contributed by atoms with E-state index in [1.165, 1.54) is 5.57 Å². The zero-order chi connectivity index (χ0) is 8.69. The van der Waals surface area contributed by atoms with Crippen LogP contribution in [-0.2, 0) is 0 Å². The lowest BCUT2D eigenvalue weighted by atomic mass is 10.1. The third kappa shape index (κ3) is 4.57. The first-order chi connectivity index (χ1) is 5.22. The Bertz CT molecular complexity index is 166. The maximum atomic E-state index is 3.88. The first-order valence-corrected chi connectivity index (χ1v) is 3.84. The first-order valence-electron chi connectivity index (χ1n) is 3.84. The van der Waals surface area contributed by atoms with Gasteiger partial charge in [0, 0.05) is 0 Å². The van der Waals surface area contributed by atoms with Gasteiger partial charge in [-0.1, -0.05) is 30.9 Å². The van der Waals surface area contributed by atoms with E-state index in [2.05, 4.69) is 18.5 Å². The molecule has 0 aliphatic carbocycles. The summed E-state index contributed by atoms with van der Waals surface area (Å²) in [7, 11) is 1.95. The quantitative estimate of drug-likeness (QED) is 0.594. The molecule has 0 fully saturated rings. The predicted molar refractivity (Wildman–Crippen MR) is 51.6 cm³/mol. The SMILES string of the molecule is C=C/C=C(\CCNC)C(=C)C. The predicted octanol–water partition coefficient (Wildman–Crippen LogP) is 2.28. The molecule has 1 heteroatoms. The van der Waals surface area contributed by atoms with Gasteiger partial charge in [0.15, 0.2) is 0 Å². The monoisotopic (exact) mass is 151 g/mol. The summed E-state index contributed by atoms with van der Waals surface area (Å²) in [6, 6.07) is 0. The average molecular weight is 151 g/mol. The van der Waals surface area contributed by atoms with Gasteiger partial charge in [0.05, 0.1) is 0 Å². The largest absolute Gasteiger partial charge is 0.319 e. The zero-order valence-electron chi connectivity index (χ0n) is 7.48.